The van der Waals surface area contributed by atoms with E-state index in [4.69, 9.17) is 9.47 Å². The van der Waals surface area contributed by atoms with Gasteiger partial charge in [-0.05, 0) is 80.1 Å². The number of ether oxygens (including phenoxy) is 2. The van der Waals surface area contributed by atoms with Crippen LogP contribution in [0.4, 0.5) is 0 Å². The van der Waals surface area contributed by atoms with E-state index < -0.39 is 11.0 Å². The molecule has 246 valence electrons. The summed E-state index contributed by atoms with van der Waals surface area (Å²) in [5, 5.41) is 12.9. The summed E-state index contributed by atoms with van der Waals surface area (Å²) >= 11 is 0. The molecule has 4 fully saturated rings. The molecular formula is C33H54Br2N2O6. The molecule has 1 aliphatic heterocycles. The predicted octanol–water partition coefficient (Wildman–Crippen LogP) is -2.63. The summed E-state index contributed by atoms with van der Waals surface area (Å²) in [5.74, 6) is 0.173. The first kappa shape index (κ1) is 36.7. The average molecular weight is 735 g/mol. The zero-order valence-electron chi connectivity index (χ0n) is 27.5. The number of nitrogens with zero attached hydrogens (tertiary/aromatic N) is 2. The summed E-state index contributed by atoms with van der Waals surface area (Å²) in [7, 11) is 12.1. The number of quaternary nitrogens is 2. The molecule has 0 aromatic heterocycles. The van der Waals surface area contributed by atoms with E-state index in [1.54, 1.807) is 6.08 Å². The quantitative estimate of drug-likeness (QED) is 0.228. The van der Waals surface area contributed by atoms with Crippen LogP contribution in [0.1, 0.15) is 65.2 Å². The number of carbonyl (C=O) groups is 3. The molecule has 1 N–H and O–H groups in total. The summed E-state index contributed by atoms with van der Waals surface area (Å²) in [6.07, 6.45) is 8.57. The lowest BCUT2D eigenvalue weighted by molar-refractivity contribution is -0.862. The highest BCUT2D eigenvalue weighted by molar-refractivity contribution is 5.87. The normalized spacial score (nSPS) is 40.5. The molecule has 0 amide bonds. The molecule has 43 heavy (non-hydrogen) atoms. The lowest BCUT2D eigenvalue weighted by Gasteiger charge is -2.63. The van der Waals surface area contributed by atoms with Crippen molar-refractivity contribution >= 4 is 17.7 Å². The van der Waals surface area contributed by atoms with Crippen LogP contribution >= 0.6 is 0 Å². The molecule has 9 atom stereocenters. The fourth-order valence-electron chi connectivity index (χ4n) is 10.1. The lowest BCUT2D eigenvalue weighted by Crippen LogP contribution is -3.00. The van der Waals surface area contributed by atoms with Crippen LogP contribution in [-0.2, 0) is 23.9 Å². The first-order valence-electron chi connectivity index (χ1n) is 15.8. The second kappa shape index (κ2) is 12.4. The minimum atomic E-state index is -0.972. The molecule has 4 saturated carbocycles. The van der Waals surface area contributed by atoms with Crippen LogP contribution in [0.15, 0.2) is 11.6 Å². The smallest absolute Gasteiger partial charge is 0.362 e. The third kappa shape index (κ3) is 6.70. The van der Waals surface area contributed by atoms with Gasteiger partial charge >= 0.3 is 11.9 Å². The van der Waals surface area contributed by atoms with E-state index >= 15 is 0 Å². The Bertz CT molecular complexity index is 1130. The van der Waals surface area contributed by atoms with E-state index in [1.807, 2.05) is 42.3 Å². The van der Waals surface area contributed by atoms with Gasteiger partial charge in [-0.1, -0.05) is 13.8 Å². The third-order valence-corrected chi connectivity index (χ3v) is 11.9. The molecule has 8 nitrogen and oxygen atoms in total. The fraction of sp³-hybridized carbons (Fsp3) is 0.848. The number of hydrogen-bond donors (Lipinski definition) is 1. The maximum atomic E-state index is 13.9. The monoisotopic (exact) mass is 732 g/mol. The summed E-state index contributed by atoms with van der Waals surface area (Å²) < 4.78 is 12.4. The summed E-state index contributed by atoms with van der Waals surface area (Å²) in [4.78, 5) is 38.6. The van der Waals surface area contributed by atoms with Crippen molar-refractivity contribution in [3.63, 3.8) is 0 Å². The number of Topliss-reactive ketones (excluding diaryl/α,β-unsaturated/α-hetero) is 1. The molecule has 5 aliphatic rings. The van der Waals surface area contributed by atoms with Gasteiger partial charge in [0, 0.05) is 23.3 Å². The van der Waals surface area contributed by atoms with Gasteiger partial charge in [-0.25, -0.2) is 9.59 Å². The third-order valence-electron chi connectivity index (χ3n) is 11.9. The van der Waals surface area contributed by atoms with Crippen LogP contribution < -0.4 is 34.0 Å². The molecular weight excluding hydrogens is 680 g/mol. The number of aliphatic hydroxyl groups is 1. The van der Waals surface area contributed by atoms with Gasteiger partial charge in [-0.15, -0.1) is 0 Å². The fourth-order valence-corrected chi connectivity index (χ4v) is 10.1. The van der Waals surface area contributed by atoms with Gasteiger partial charge in [0.15, 0.2) is 12.3 Å². The molecule has 0 aromatic rings. The highest BCUT2D eigenvalue weighted by Crippen LogP contribution is 2.71. The number of fused-ring (bicyclic) bond motifs is 5. The Labute approximate surface area is 279 Å². The SMILES string of the molecule is C[C@]12CCC(OC(=O)C[N+](C)(C)C)CC1CCC1C2CC[C@]2(C)C(C3=CC(=O)OC3)C(C(=O)C[N+](C)(C)C)CC12O.[Br-].[Br-]. The molecule has 0 radical (unpaired) electrons. The second-order valence-electron chi connectivity index (χ2n) is 16.7. The lowest BCUT2D eigenvalue weighted by atomic mass is 9.43. The molecule has 0 aromatic carbocycles. The van der Waals surface area contributed by atoms with Crippen LogP contribution in [0.25, 0.3) is 0 Å². The maximum absolute atomic E-state index is 13.9. The van der Waals surface area contributed by atoms with E-state index in [0.717, 1.165) is 50.5 Å². The van der Waals surface area contributed by atoms with E-state index in [9.17, 15) is 19.5 Å². The van der Waals surface area contributed by atoms with Gasteiger partial charge in [-0.3, -0.25) is 4.79 Å². The van der Waals surface area contributed by atoms with Crippen molar-refractivity contribution in [2.75, 3.05) is 62.0 Å². The first-order chi connectivity index (χ1) is 18.9. The van der Waals surface area contributed by atoms with Crippen LogP contribution in [0.2, 0.25) is 0 Å². The largest absolute Gasteiger partial charge is 1.00 e. The van der Waals surface area contributed by atoms with Crippen LogP contribution in [0.5, 0.6) is 0 Å². The van der Waals surface area contributed by atoms with Gasteiger partial charge < -0.3 is 57.5 Å². The Balaban J connectivity index is 0.00000253. The standard InChI is InChI=1S/C33H54N2O6.2BrH/c1-31-13-11-23(41-29(38)19-35(6,7)8)16-22(31)9-10-26-25(31)12-14-32(2)30(21-15-28(37)40-20-21)24(17-33(26,32)39)27(36)18-34(3,4)5;;/h15,22-26,30,39H,9-14,16-20H2,1-8H3;2*1H/q+2;;/p-2/t22?,23?,24?,25?,26?,30?,31-,32+,33?;;/m0../s1. The van der Waals surface area contributed by atoms with Crippen LogP contribution in [0.3, 0.4) is 0 Å². The number of ketones is 1. The second-order valence-corrected chi connectivity index (χ2v) is 16.7. The van der Waals surface area contributed by atoms with Gasteiger partial charge in [0.1, 0.15) is 19.3 Å². The van der Waals surface area contributed by atoms with Gasteiger partial charge in [0.05, 0.1) is 47.9 Å². The average Bonchev–Trinajstić information content (AvgIpc) is 3.34. The number of rotatable bonds is 7. The number of likely N-dealkylation sites (N-methyl/N-ethyl adjacent to an activating group) is 2. The molecule has 4 aliphatic carbocycles. The van der Waals surface area contributed by atoms with Crippen molar-refractivity contribution in [2.24, 2.45) is 40.4 Å². The number of cyclic esters (lactones) is 1. The number of esters is 2. The topological polar surface area (TPSA) is 89.9 Å². The molecule has 0 spiro atoms. The molecule has 7 unspecified atom stereocenters. The van der Waals surface area contributed by atoms with E-state index in [-0.39, 0.29) is 87.6 Å². The Hall–Kier alpha value is -0.810. The van der Waals surface area contributed by atoms with Crippen molar-refractivity contribution in [2.45, 2.75) is 76.9 Å². The van der Waals surface area contributed by atoms with Crippen molar-refractivity contribution in [3.8, 4) is 0 Å². The zero-order chi connectivity index (χ0) is 30.2. The Morgan fingerprint density at radius 1 is 0.953 bits per heavy atom. The van der Waals surface area contributed by atoms with E-state index in [0.29, 0.717) is 40.3 Å². The summed E-state index contributed by atoms with van der Waals surface area (Å²) in [6, 6.07) is 0. The molecule has 5 rings (SSSR count). The molecule has 0 bridgehead atoms. The number of halogens is 2. The predicted molar refractivity (Wildman–Crippen MR) is 155 cm³/mol. The van der Waals surface area contributed by atoms with Crippen molar-refractivity contribution in [1.82, 2.24) is 0 Å². The van der Waals surface area contributed by atoms with Crippen LogP contribution in [-0.4, -0.2) is 105 Å². The molecule has 10 heteroatoms. The number of hydrogen-bond acceptors (Lipinski definition) is 6. The maximum Gasteiger partial charge on any atom is 0.362 e. The highest BCUT2D eigenvalue weighted by atomic mass is 79.9. The van der Waals surface area contributed by atoms with Crippen molar-refractivity contribution < 1.29 is 71.9 Å². The minimum absolute atomic E-state index is 0. The zero-order valence-corrected chi connectivity index (χ0v) is 30.6. The Kier molecular flexibility index (Phi) is 10.6. The Morgan fingerprint density at radius 2 is 1.60 bits per heavy atom. The van der Waals surface area contributed by atoms with Crippen molar-refractivity contribution in [1.29, 1.82) is 0 Å². The van der Waals surface area contributed by atoms with Crippen molar-refractivity contribution in [3.05, 3.63) is 11.6 Å². The molecule has 1 heterocycles. The first-order valence-corrected chi connectivity index (χ1v) is 15.8. The Morgan fingerprint density at radius 3 is 2.19 bits per heavy atom. The highest BCUT2D eigenvalue weighted by Gasteiger charge is 2.71. The molecule has 0 saturated heterocycles. The minimum Gasteiger partial charge on any atom is -1.00 e. The summed E-state index contributed by atoms with van der Waals surface area (Å²) in [6.45, 7) is 5.61. The summed E-state index contributed by atoms with van der Waals surface area (Å²) in [5.41, 5.74) is -0.488. The van der Waals surface area contributed by atoms with E-state index in [2.05, 4.69) is 13.8 Å². The van der Waals surface area contributed by atoms with Crippen LogP contribution in [0, 0.1) is 40.4 Å². The van der Waals surface area contributed by atoms with Gasteiger partial charge in [0.2, 0.25) is 0 Å². The van der Waals surface area contributed by atoms with Gasteiger partial charge in [-0.2, -0.15) is 0 Å². The van der Waals surface area contributed by atoms with E-state index in [1.165, 1.54) is 0 Å². The van der Waals surface area contributed by atoms with Gasteiger partial charge in [0.25, 0.3) is 0 Å². The number of carbonyl (C=O) groups excluding carboxylic acids is 3.